The summed E-state index contributed by atoms with van der Waals surface area (Å²) in [6, 6.07) is 12.8. The minimum atomic E-state index is -0.571. The molecule has 2 aromatic carbocycles. The maximum Gasteiger partial charge on any atom is 0.271 e. The number of Topliss-reactive ketones (excluding diaryl/α,β-unsaturated/α-hetero) is 1. The average Bonchev–Trinajstić information content (AvgIpc) is 2.74. The first-order valence-electron chi connectivity index (χ1n) is 11.2. The van der Waals surface area contributed by atoms with Gasteiger partial charge in [-0.3, -0.25) is 19.8 Å². The van der Waals surface area contributed by atoms with Crippen LogP contribution in [0.2, 0.25) is 0 Å². The lowest BCUT2D eigenvalue weighted by Gasteiger charge is -2.44. The van der Waals surface area contributed by atoms with Crippen LogP contribution in [-0.2, 0) is 4.79 Å². The van der Waals surface area contributed by atoms with E-state index in [2.05, 4.69) is 6.07 Å². The molecule has 174 valence electrons. The minimum absolute atomic E-state index is 0.0227. The Morgan fingerprint density at radius 1 is 1.12 bits per heavy atom. The summed E-state index contributed by atoms with van der Waals surface area (Å²) in [6.07, 6.45) is 0.907. The first kappa shape index (κ1) is 23.2. The molecule has 0 saturated carbocycles. The van der Waals surface area contributed by atoms with E-state index in [1.165, 1.54) is 12.1 Å². The van der Waals surface area contributed by atoms with Crippen LogP contribution in [0.1, 0.15) is 54.9 Å². The third kappa shape index (κ3) is 3.75. The van der Waals surface area contributed by atoms with Gasteiger partial charge in [-0.1, -0.05) is 43.7 Å². The number of nitro groups is 1. The van der Waals surface area contributed by atoms with Crippen LogP contribution in [0.3, 0.4) is 0 Å². The predicted molar refractivity (Wildman–Crippen MR) is 131 cm³/mol. The molecule has 7 nitrogen and oxygen atoms in total. The Balaban J connectivity index is 2.07. The molecule has 2 N–H and O–H groups in total. The summed E-state index contributed by atoms with van der Waals surface area (Å²) < 4.78 is 0. The summed E-state index contributed by atoms with van der Waals surface area (Å²) in [5, 5.41) is 21.8. The Morgan fingerprint density at radius 2 is 1.79 bits per heavy atom. The van der Waals surface area contributed by atoms with Crippen molar-refractivity contribution in [2.75, 3.05) is 4.90 Å². The number of nitrogens with zero attached hydrogens (tertiary/aromatic N) is 3. The van der Waals surface area contributed by atoms with Gasteiger partial charge in [0.15, 0.2) is 5.78 Å². The molecule has 0 radical (unpaired) electrons. The number of hydrogen-bond donors (Lipinski definition) is 1. The smallest absolute Gasteiger partial charge is 0.271 e. The van der Waals surface area contributed by atoms with Crippen LogP contribution in [-0.4, -0.2) is 10.7 Å². The van der Waals surface area contributed by atoms with Gasteiger partial charge < -0.3 is 5.73 Å². The molecule has 1 atom stereocenters. The van der Waals surface area contributed by atoms with Crippen molar-refractivity contribution in [3.8, 4) is 6.07 Å². The number of benzene rings is 2. The molecule has 1 unspecified atom stereocenters. The van der Waals surface area contributed by atoms with Crippen molar-refractivity contribution in [1.29, 1.82) is 5.26 Å². The van der Waals surface area contributed by atoms with Crippen LogP contribution in [0.25, 0.3) is 0 Å². The monoisotopic (exact) mass is 456 g/mol. The molecule has 0 spiro atoms. The van der Waals surface area contributed by atoms with Crippen molar-refractivity contribution < 1.29 is 9.72 Å². The lowest BCUT2D eigenvalue weighted by Crippen LogP contribution is -2.42. The van der Waals surface area contributed by atoms with Gasteiger partial charge in [0.25, 0.3) is 5.69 Å². The van der Waals surface area contributed by atoms with Crippen molar-refractivity contribution in [3.05, 3.63) is 91.4 Å². The molecule has 4 rings (SSSR count). The second kappa shape index (κ2) is 8.14. The van der Waals surface area contributed by atoms with Crippen LogP contribution in [0.15, 0.2) is 59.1 Å². The van der Waals surface area contributed by atoms with Gasteiger partial charge in [0.2, 0.25) is 0 Å². The van der Waals surface area contributed by atoms with E-state index in [-0.39, 0.29) is 28.3 Å². The molecule has 2 aliphatic rings. The third-order valence-electron chi connectivity index (χ3n) is 6.77. The third-order valence-corrected chi connectivity index (χ3v) is 6.77. The number of aryl methyl sites for hydroxylation is 3. The molecule has 1 heterocycles. The molecule has 7 heteroatoms. The number of carbonyl (C=O) groups excluding carboxylic acids is 1. The van der Waals surface area contributed by atoms with E-state index < -0.39 is 10.8 Å². The molecule has 0 amide bonds. The highest BCUT2D eigenvalue weighted by atomic mass is 16.6. The van der Waals surface area contributed by atoms with Gasteiger partial charge in [0.1, 0.15) is 5.82 Å². The molecular weight excluding hydrogens is 428 g/mol. The Labute approximate surface area is 199 Å². The highest BCUT2D eigenvalue weighted by Crippen LogP contribution is 2.51. The number of anilines is 1. The van der Waals surface area contributed by atoms with Gasteiger partial charge in [-0.05, 0) is 49.3 Å². The fourth-order valence-corrected chi connectivity index (χ4v) is 5.12. The Kier molecular flexibility index (Phi) is 5.56. The van der Waals surface area contributed by atoms with E-state index in [9.17, 15) is 20.2 Å². The Hall–Kier alpha value is -3.92. The van der Waals surface area contributed by atoms with Crippen molar-refractivity contribution in [2.45, 2.75) is 53.4 Å². The zero-order valence-corrected chi connectivity index (χ0v) is 20.1. The van der Waals surface area contributed by atoms with Gasteiger partial charge in [0, 0.05) is 29.8 Å². The number of nitro benzene ring substituents is 1. The number of allylic oxidation sites excluding steroid dienone is 3. The van der Waals surface area contributed by atoms with Crippen LogP contribution >= 0.6 is 0 Å². The van der Waals surface area contributed by atoms with Crippen LogP contribution in [0, 0.1) is 47.6 Å². The van der Waals surface area contributed by atoms with Gasteiger partial charge in [-0.15, -0.1) is 0 Å². The van der Waals surface area contributed by atoms with Crippen molar-refractivity contribution in [2.24, 2.45) is 11.1 Å². The summed E-state index contributed by atoms with van der Waals surface area (Å²) in [4.78, 5) is 26.4. The molecule has 0 aromatic heterocycles. The topological polar surface area (TPSA) is 113 Å². The fourth-order valence-electron chi connectivity index (χ4n) is 5.12. The molecule has 0 bridgehead atoms. The number of carbonyl (C=O) groups is 1. The van der Waals surface area contributed by atoms with Crippen molar-refractivity contribution >= 4 is 17.2 Å². The first-order chi connectivity index (χ1) is 15.9. The van der Waals surface area contributed by atoms with E-state index in [1.54, 1.807) is 11.0 Å². The summed E-state index contributed by atoms with van der Waals surface area (Å²) >= 11 is 0. The maximum atomic E-state index is 13.7. The van der Waals surface area contributed by atoms with Crippen LogP contribution in [0.4, 0.5) is 11.4 Å². The van der Waals surface area contributed by atoms with Gasteiger partial charge in [-0.2, -0.15) is 5.26 Å². The van der Waals surface area contributed by atoms with Gasteiger partial charge >= 0.3 is 0 Å². The maximum absolute atomic E-state index is 13.7. The molecule has 2 aromatic rings. The first-order valence-corrected chi connectivity index (χ1v) is 11.2. The predicted octanol–water partition coefficient (Wildman–Crippen LogP) is 5.46. The minimum Gasteiger partial charge on any atom is -0.384 e. The van der Waals surface area contributed by atoms with Crippen LogP contribution in [0.5, 0.6) is 0 Å². The number of nitrogens with two attached hydrogens (primary N) is 1. The van der Waals surface area contributed by atoms with E-state index in [0.29, 0.717) is 29.8 Å². The number of ketones is 1. The summed E-state index contributed by atoms with van der Waals surface area (Å²) in [6.45, 7) is 9.84. The van der Waals surface area contributed by atoms with E-state index in [4.69, 9.17) is 5.73 Å². The highest BCUT2D eigenvalue weighted by Gasteiger charge is 2.45. The number of rotatable bonds is 3. The number of non-ortho nitro benzene ring substituents is 1. The highest BCUT2D eigenvalue weighted by molar-refractivity contribution is 6.02. The lowest BCUT2D eigenvalue weighted by molar-refractivity contribution is -0.384. The molecule has 34 heavy (non-hydrogen) atoms. The number of hydrogen-bond acceptors (Lipinski definition) is 6. The van der Waals surface area contributed by atoms with Crippen molar-refractivity contribution in [1.82, 2.24) is 0 Å². The molecular formula is C27H28N4O3. The molecule has 0 fully saturated rings. The quantitative estimate of drug-likeness (QED) is 0.484. The summed E-state index contributed by atoms with van der Waals surface area (Å²) in [5.41, 5.74) is 12.0. The summed E-state index contributed by atoms with van der Waals surface area (Å²) in [7, 11) is 0. The van der Waals surface area contributed by atoms with Crippen LogP contribution < -0.4 is 10.6 Å². The van der Waals surface area contributed by atoms with Crippen molar-refractivity contribution in [3.63, 3.8) is 0 Å². The average molecular weight is 457 g/mol. The normalized spacial score (nSPS) is 19.7. The largest absolute Gasteiger partial charge is 0.384 e. The second-order valence-electron chi connectivity index (χ2n) is 10.1. The SMILES string of the molecule is Cc1ccc(C)c(C2C(C#N)=C(N)N(c3cc([N+](=O)[O-])ccc3C)C3=C2C(=O)CC(C)(C)C3)c1. The fraction of sp³-hybridized carbons (Fsp3) is 0.333. The zero-order chi connectivity index (χ0) is 24.9. The summed E-state index contributed by atoms with van der Waals surface area (Å²) in [5.74, 6) is -0.384. The Morgan fingerprint density at radius 3 is 2.44 bits per heavy atom. The van der Waals surface area contributed by atoms with E-state index >= 15 is 0 Å². The Bertz CT molecular complexity index is 1340. The van der Waals surface area contributed by atoms with E-state index in [1.807, 2.05) is 52.8 Å². The zero-order valence-electron chi connectivity index (χ0n) is 20.1. The second-order valence-corrected chi connectivity index (χ2v) is 10.1. The molecule has 1 aliphatic heterocycles. The number of nitriles is 1. The molecule has 1 aliphatic carbocycles. The van der Waals surface area contributed by atoms with Gasteiger partial charge in [0.05, 0.1) is 28.2 Å². The lowest BCUT2D eigenvalue weighted by atomic mass is 9.68. The van der Waals surface area contributed by atoms with E-state index in [0.717, 1.165) is 22.3 Å². The van der Waals surface area contributed by atoms with Gasteiger partial charge in [-0.25, -0.2) is 0 Å². The standard InChI is InChI=1S/C27H28N4O3/c1-15-6-7-16(2)19(10-15)24-20(14-28)26(29)30(21-11-18(31(33)34)9-8-17(21)3)22-12-27(4,5)13-23(32)25(22)24/h6-11,24H,12-13,29H2,1-5H3. The molecule has 0 saturated heterocycles.